The van der Waals surface area contributed by atoms with E-state index in [1.165, 1.54) is 11.1 Å². The molecule has 0 radical (unpaired) electrons. The van der Waals surface area contributed by atoms with Gasteiger partial charge in [-0.15, -0.1) is 0 Å². The largest absolute Gasteiger partial charge is 0.508 e. The van der Waals surface area contributed by atoms with Crippen LogP contribution in [0.1, 0.15) is 26.3 Å². The van der Waals surface area contributed by atoms with Crippen LogP contribution in [0.4, 0.5) is 0 Å². The van der Waals surface area contributed by atoms with Gasteiger partial charge in [0.1, 0.15) is 5.75 Å². The second-order valence-electron chi connectivity index (χ2n) is 5.38. The molecule has 0 fully saturated rings. The first kappa shape index (κ1) is 11.7. The van der Waals surface area contributed by atoms with Gasteiger partial charge < -0.3 is 5.11 Å². The third-order valence-electron chi connectivity index (χ3n) is 2.93. The molecule has 0 saturated heterocycles. The van der Waals surface area contributed by atoms with Gasteiger partial charge in [0.15, 0.2) is 0 Å². The van der Waals surface area contributed by atoms with Crippen molar-refractivity contribution in [3.8, 4) is 16.9 Å². The molecule has 0 aliphatic carbocycles. The maximum Gasteiger partial charge on any atom is 0.115 e. The molecule has 0 atom stereocenters. The summed E-state index contributed by atoms with van der Waals surface area (Å²) in [6, 6.07) is 15.9. The SMILES string of the molecule is CC(C)(C)c1cccc(-c2ccc(O)cc2)c1. The van der Waals surface area contributed by atoms with Gasteiger partial charge in [-0.2, -0.15) is 0 Å². The molecule has 2 rings (SSSR count). The van der Waals surface area contributed by atoms with Crippen LogP contribution in [0, 0.1) is 0 Å². The number of rotatable bonds is 1. The van der Waals surface area contributed by atoms with Crippen LogP contribution < -0.4 is 0 Å². The number of hydrogen-bond donors (Lipinski definition) is 1. The molecule has 0 aromatic heterocycles. The van der Waals surface area contributed by atoms with E-state index in [1.54, 1.807) is 12.1 Å². The molecular weight excluding hydrogens is 208 g/mol. The van der Waals surface area contributed by atoms with Crippen molar-refractivity contribution in [2.45, 2.75) is 26.2 Å². The fourth-order valence-electron chi connectivity index (χ4n) is 1.82. The standard InChI is InChI=1S/C16H18O/c1-16(2,3)14-6-4-5-13(11-14)12-7-9-15(17)10-8-12/h4-11,17H,1-3H3. The van der Waals surface area contributed by atoms with Crippen molar-refractivity contribution in [3.63, 3.8) is 0 Å². The molecule has 88 valence electrons. The normalized spacial score (nSPS) is 11.5. The molecule has 17 heavy (non-hydrogen) atoms. The molecule has 0 bridgehead atoms. The summed E-state index contributed by atoms with van der Waals surface area (Å²) in [5.74, 6) is 0.306. The van der Waals surface area contributed by atoms with Gasteiger partial charge in [-0.3, -0.25) is 0 Å². The molecule has 0 amide bonds. The summed E-state index contributed by atoms with van der Waals surface area (Å²) in [5.41, 5.74) is 3.81. The van der Waals surface area contributed by atoms with Gasteiger partial charge >= 0.3 is 0 Å². The molecule has 1 N–H and O–H groups in total. The molecule has 0 aliphatic heterocycles. The zero-order chi connectivity index (χ0) is 12.5. The van der Waals surface area contributed by atoms with E-state index in [-0.39, 0.29) is 5.41 Å². The molecule has 2 aromatic carbocycles. The number of aromatic hydroxyl groups is 1. The summed E-state index contributed by atoms with van der Waals surface area (Å²) in [5, 5.41) is 9.29. The maximum atomic E-state index is 9.29. The lowest BCUT2D eigenvalue weighted by Crippen LogP contribution is -2.10. The highest BCUT2D eigenvalue weighted by Gasteiger charge is 2.13. The first-order valence-electron chi connectivity index (χ1n) is 5.87. The third kappa shape index (κ3) is 2.68. The number of hydrogen-bond acceptors (Lipinski definition) is 1. The van der Waals surface area contributed by atoms with E-state index in [2.05, 4.69) is 45.0 Å². The van der Waals surface area contributed by atoms with Gasteiger partial charge in [-0.05, 0) is 34.2 Å². The van der Waals surface area contributed by atoms with Crippen molar-refractivity contribution in [1.29, 1.82) is 0 Å². The molecule has 0 heterocycles. The average Bonchev–Trinajstić information content (AvgIpc) is 2.29. The smallest absolute Gasteiger partial charge is 0.115 e. The minimum atomic E-state index is 0.160. The summed E-state index contributed by atoms with van der Waals surface area (Å²) < 4.78 is 0. The van der Waals surface area contributed by atoms with Crippen molar-refractivity contribution < 1.29 is 5.11 Å². The molecule has 1 heteroatoms. The van der Waals surface area contributed by atoms with Crippen LogP contribution in [0.3, 0.4) is 0 Å². The van der Waals surface area contributed by atoms with Gasteiger partial charge in [0.25, 0.3) is 0 Å². The van der Waals surface area contributed by atoms with Gasteiger partial charge in [0, 0.05) is 0 Å². The van der Waals surface area contributed by atoms with Gasteiger partial charge in [-0.1, -0.05) is 57.2 Å². The summed E-state index contributed by atoms with van der Waals surface area (Å²) in [6.07, 6.45) is 0. The highest BCUT2D eigenvalue weighted by atomic mass is 16.3. The molecule has 2 aromatic rings. The first-order chi connectivity index (χ1) is 7.97. The quantitative estimate of drug-likeness (QED) is 0.766. The van der Waals surface area contributed by atoms with Gasteiger partial charge in [0.2, 0.25) is 0 Å². The van der Waals surface area contributed by atoms with Crippen LogP contribution in [0.5, 0.6) is 5.75 Å². The van der Waals surface area contributed by atoms with E-state index in [0.717, 1.165) is 5.56 Å². The van der Waals surface area contributed by atoms with Crippen LogP contribution >= 0.6 is 0 Å². The summed E-state index contributed by atoms with van der Waals surface area (Å²) >= 11 is 0. The molecular formula is C16H18O. The Kier molecular flexibility index (Phi) is 2.93. The first-order valence-corrected chi connectivity index (χ1v) is 5.87. The van der Waals surface area contributed by atoms with Crippen LogP contribution in [-0.2, 0) is 5.41 Å². The number of benzene rings is 2. The Bertz CT molecular complexity index is 504. The predicted molar refractivity (Wildman–Crippen MR) is 72.2 cm³/mol. The Balaban J connectivity index is 2.43. The average molecular weight is 226 g/mol. The topological polar surface area (TPSA) is 20.2 Å². The molecule has 1 nitrogen and oxygen atoms in total. The van der Waals surface area contributed by atoms with E-state index >= 15 is 0 Å². The second-order valence-corrected chi connectivity index (χ2v) is 5.38. The van der Waals surface area contributed by atoms with Gasteiger partial charge in [-0.25, -0.2) is 0 Å². The van der Waals surface area contributed by atoms with Crippen LogP contribution in [0.25, 0.3) is 11.1 Å². The Hall–Kier alpha value is -1.76. The lowest BCUT2D eigenvalue weighted by atomic mass is 9.85. The fraction of sp³-hybridized carbons (Fsp3) is 0.250. The van der Waals surface area contributed by atoms with Crippen LogP contribution in [0.15, 0.2) is 48.5 Å². The third-order valence-corrected chi connectivity index (χ3v) is 2.93. The minimum Gasteiger partial charge on any atom is -0.508 e. The lowest BCUT2D eigenvalue weighted by molar-refractivity contribution is 0.475. The lowest BCUT2D eigenvalue weighted by Gasteiger charge is -2.19. The Morgan fingerprint density at radius 1 is 0.824 bits per heavy atom. The highest BCUT2D eigenvalue weighted by Crippen LogP contribution is 2.28. The monoisotopic (exact) mass is 226 g/mol. The summed E-state index contributed by atoms with van der Waals surface area (Å²) in [4.78, 5) is 0. The number of phenolic OH excluding ortho intramolecular Hbond substituents is 1. The summed E-state index contributed by atoms with van der Waals surface area (Å²) in [7, 11) is 0. The Morgan fingerprint density at radius 3 is 2.06 bits per heavy atom. The van der Waals surface area contributed by atoms with E-state index in [0.29, 0.717) is 5.75 Å². The molecule has 0 saturated carbocycles. The Labute approximate surface area is 103 Å². The molecule has 0 unspecified atom stereocenters. The molecule has 0 aliphatic rings. The van der Waals surface area contributed by atoms with E-state index in [4.69, 9.17) is 0 Å². The maximum absolute atomic E-state index is 9.29. The summed E-state index contributed by atoms with van der Waals surface area (Å²) in [6.45, 7) is 6.63. The van der Waals surface area contributed by atoms with Crippen molar-refractivity contribution in [3.05, 3.63) is 54.1 Å². The van der Waals surface area contributed by atoms with Gasteiger partial charge in [0.05, 0.1) is 0 Å². The van der Waals surface area contributed by atoms with Crippen molar-refractivity contribution in [2.24, 2.45) is 0 Å². The predicted octanol–water partition coefficient (Wildman–Crippen LogP) is 4.36. The number of phenols is 1. The van der Waals surface area contributed by atoms with E-state index < -0.39 is 0 Å². The Morgan fingerprint density at radius 2 is 1.47 bits per heavy atom. The second kappa shape index (κ2) is 4.25. The van der Waals surface area contributed by atoms with Crippen LogP contribution in [0.2, 0.25) is 0 Å². The zero-order valence-corrected chi connectivity index (χ0v) is 10.6. The van der Waals surface area contributed by atoms with Crippen molar-refractivity contribution in [1.82, 2.24) is 0 Å². The van der Waals surface area contributed by atoms with Crippen molar-refractivity contribution in [2.75, 3.05) is 0 Å². The van der Waals surface area contributed by atoms with E-state index in [1.807, 2.05) is 12.1 Å². The van der Waals surface area contributed by atoms with Crippen molar-refractivity contribution >= 4 is 0 Å². The molecule has 0 spiro atoms. The zero-order valence-electron chi connectivity index (χ0n) is 10.6. The minimum absolute atomic E-state index is 0.160. The van der Waals surface area contributed by atoms with Crippen LogP contribution in [-0.4, -0.2) is 5.11 Å². The fourth-order valence-corrected chi connectivity index (χ4v) is 1.82. The highest BCUT2D eigenvalue weighted by molar-refractivity contribution is 5.65. The van der Waals surface area contributed by atoms with E-state index in [9.17, 15) is 5.11 Å².